The predicted molar refractivity (Wildman–Crippen MR) is 249 cm³/mol. The fourth-order valence-corrected chi connectivity index (χ4v) is 9.59. The Morgan fingerprint density at radius 2 is 1.02 bits per heavy atom. The van der Waals surface area contributed by atoms with Crippen molar-refractivity contribution >= 4 is 11.6 Å². The van der Waals surface area contributed by atoms with E-state index in [0.717, 1.165) is 44.7 Å². The zero-order chi connectivity index (χ0) is 44.1. The molecule has 2 N–H and O–H groups in total. The molecule has 7 heteroatoms. The second kappa shape index (κ2) is 18.9. The van der Waals surface area contributed by atoms with E-state index < -0.39 is 59.2 Å². The number of aliphatic hydroxyl groups excluding tert-OH is 2. The van der Waals surface area contributed by atoms with Crippen LogP contribution < -0.4 is 4.74 Å². The molecule has 0 amide bonds. The lowest BCUT2D eigenvalue weighted by molar-refractivity contribution is -0.306. The van der Waals surface area contributed by atoms with Gasteiger partial charge >= 0.3 is 0 Å². The van der Waals surface area contributed by atoms with E-state index in [1.165, 1.54) is 0 Å². The van der Waals surface area contributed by atoms with Crippen molar-refractivity contribution in [2.75, 3.05) is 13.2 Å². The molecule has 1 heterocycles. The van der Waals surface area contributed by atoms with E-state index in [0.29, 0.717) is 18.1 Å². The van der Waals surface area contributed by atoms with E-state index >= 15 is 0 Å². The molecule has 7 rings (SSSR count). The Bertz CT molecular complexity index is 2240. The minimum Gasteiger partial charge on any atom is -0.494 e. The van der Waals surface area contributed by atoms with Crippen LogP contribution in [0.1, 0.15) is 93.5 Å². The first-order valence-corrected chi connectivity index (χ1v) is 22.1. The molecule has 0 unspecified atom stereocenters. The van der Waals surface area contributed by atoms with Crippen LogP contribution in [0.15, 0.2) is 164 Å². The highest BCUT2D eigenvalue weighted by Gasteiger charge is 2.57. The molecule has 0 saturated carbocycles. The van der Waals surface area contributed by atoms with Gasteiger partial charge in [-0.3, -0.25) is 0 Å². The predicted octanol–water partition coefficient (Wildman–Crippen LogP) is 11.9. The first-order valence-electron chi connectivity index (χ1n) is 21.8. The summed E-state index contributed by atoms with van der Waals surface area (Å²) >= 11 is 6.96. The number of ether oxygens (including phenoxy) is 4. The van der Waals surface area contributed by atoms with Crippen LogP contribution >= 0.6 is 11.6 Å². The Morgan fingerprint density at radius 3 is 1.42 bits per heavy atom. The van der Waals surface area contributed by atoms with E-state index in [1.54, 1.807) is 0 Å². The molecule has 6 aromatic carbocycles. The highest BCUT2D eigenvalue weighted by atomic mass is 35.5. The van der Waals surface area contributed by atoms with Crippen LogP contribution in [-0.2, 0) is 31.8 Å². The molecule has 0 radical (unpaired) electrons. The summed E-state index contributed by atoms with van der Waals surface area (Å²) in [5.74, 6) is 0.807. The van der Waals surface area contributed by atoms with Gasteiger partial charge in [0.15, 0.2) is 0 Å². The van der Waals surface area contributed by atoms with Crippen LogP contribution in [-0.4, -0.2) is 47.8 Å². The zero-order valence-electron chi connectivity index (χ0n) is 37.0. The van der Waals surface area contributed by atoms with E-state index in [4.69, 9.17) is 30.5 Å². The molecule has 6 nitrogen and oxygen atoms in total. The van der Waals surface area contributed by atoms with Crippen molar-refractivity contribution in [1.29, 1.82) is 0 Å². The topological polar surface area (TPSA) is 77.4 Å². The summed E-state index contributed by atoms with van der Waals surface area (Å²) in [5.41, 5.74) is 3.07. The third kappa shape index (κ3) is 8.87. The van der Waals surface area contributed by atoms with Gasteiger partial charge < -0.3 is 29.2 Å². The van der Waals surface area contributed by atoms with Gasteiger partial charge in [-0.05, 0) is 81.3 Å². The summed E-state index contributed by atoms with van der Waals surface area (Å²) in [5, 5.41) is 25.3. The first kappa shape index (κ1) is 45.2. The smallest absolute Gasteiger partial charge is 0.124 e. The monoisotopic (exact) mass is 852 g/mol. The Labute approximate surface area is 373 Å². The van der Waals surface area contributed by atoms with E-state index in [-0.39, 0.29) is 0 Å². The molecular formula is C55H61ClO6. The maximum atomic E-state index is 13.4. The summed E-state index contributed by atoms with van der Waals surface area (Å²) in [6.07, 6.45) is -4.64. The molecule has 1 aliphatic heterocycles. The minimum absolute atomic E-state index is 0.414. The van der Waals surface area contributed by atoms with E-state index in [9.17, 15) is 10.2 Å². The molecule has 5 atom stereocenters. The van der Waals surface area contributed by atoms with Crippen LogP contribution in [0.25, 0.3) is 0 Å². The van der Waals surface area contributed by atoms with Gasteiger partial charge in [0.2, 0.25) is 0 Å². The quantitative estimate of drug-likeness (QED) is 0.114. The van der Waals surface area contributed by atoms with Crippen molar-refractivity contribution in [3.63, 3.8) is 0 Å². The average molecular weight is 854 g/mol. The maximum absolute atomic E-state index is 13.4. The molecule has 6 aromatic rings. The highest BCUT2D eigenvalue weighted by Crippen LogP contribution is 2.54. The molecule has 1 saturated heterocycles. The second-order valence-corrected chi connectivity index (χ2v) is 18.8. The molecule has 1 fully saturated rings. The van der Waals surface area contributed by atoms with Gasteiger partial charge in [0.25, 0.3) is 0 Å². The SMILES string of the molecule is CCOc1ccc(Cc2cc([C@@H]3O[C@H](CO)[C@@H](OC(c4ccccc4)(c4ccccc4)C(C)(C)C)[C@H](O)[C@H]3OC(c3ccccc3)(c3ccccc3)C(C)(C)C)ccc2Cl)cc1. The lowest BCUT2D eigenvalue weighted by Gasteiger charge is -2.54. The largest absolute Gasteiger partial charge is 0.494 e. The van der Waals surface area contributed by atoms with Crippen molar-refractivity contribution in [1.82, 2.24) is 0 Å². The number of aliphatic hydroxyl groups is 2. The molecule has 0 aliphatic carbocycles. The highest BCUT2D eigenvalue weighted by molar-refractivity contribution is 6.31. The van der Waals surface area contributed by atoms with Crippen molar-refractivity contribution < 1.29 is 29.2 Å². The van der Waals surface area contributed by atoms with Crippen LogP contribution in [0.3, 0.4) is 0 Å². The van der Waals surface area contributed by atoms with Crippen LogP contribution in [0, 0.1) is 10.8 Å². The molecule has 62 heavy (non-hydrogen) atoms. The molecule has 324 valence electrons. The van der Waals surface area contributed by atoms with Crippen molar-refractivity contribution in [2.45, 2.75) is 96.6 Å². The number of halogens is 1. The third-order valence-corrected chi connectivity index (χ3v) is 12.7. The second-order valence-electron chi connectivity index (χ2n) is 18.4. The Morgan fingerprint density at radius 1 is 0.581 bits per heavy atom. The van der Waals surface area contributed by atoms with Gasteiger partial charge in [-0.1, -0.05) is 199 Å². The van der Waals surface area contributed by atoms with Crippen molar-refractivity contribution in [3.05, 3.63) is 208 Å². The lowest BCUT2D eigenvalue weighted by Crippen LogP contribution is -2.62. The van der Waals surface area contributed by atoms with Gasteiger partial charge in [-0.2, -0.15) is 0 Å². The summed E-state index contributed by atoms with van der Waals surface area (Å²) < 4.78 is 28.2. The number of hydrogen-bond acceptors (Lipinski definition) is 6. The number of rotatable bonds is 14. The number of hydrogen-bond donors (Lipinski definition) is 2. The van der Waals surface area contributed by atoms with E-state index in [1.807, 2.05) is 122 Å². The Hall–Kier alpha value is -4.79. The Kier molecular flexibility index (Phi) is 13.8. The summed E-state index contributed by atoms with van der Waals surface area (Å²) in [4.78, 5) is 0. The van der Waals surface area contributed by atoms with Crippen LogP contribution in [0.5, 0.6) is 5.75 Å². The van der Waals surface area contributed by atoms with Gasteiger partial charge in [0.1, 0.15) is 47.5 Å². The zero-order valence-corrected chi connectivity index (χ0v) is 37.8. The third-order valence-electron chi connectivity index (χ3n) is 12.3. The minimum atomic E-state index is -1.31. The van der Waals surface area contributed by atoms with Crippen LogP contribution in [0.2, 0.25) is 5.02 Å². The summed E-state index contributed by atoms with van der Waals surface area (Å²) in [6, 6.07) is 54.5. The summed E-state index contributed by atoms with van der Waals surface area (Å²) in [6.45, 7) is 15.1. The fraction of sp³-hybridized carbons (Fsp3) is 0.345. The molecular weight excluding hydrogens is 792 g/mol. The fourth-order valence-electron chi connectivity index (χ4n) is 9.41. The van der Waals surface area contributed by atoms with Crippen molar-refractivity contribution in [3.8, 4) is 5.75 Å². The standard InChI is InChI=1S/C55H61ClO6/c1-8-59-45-32-29-38(30-33-45)35-40-36-39(31-34-46(40)56)49-51(62-55(53(5,6)7,43-25-17-11-18-26-43)44-27-19-12-20-28-44)48(58)50(47(37-57)60-49)61-54(52(2,3)4,41-21-13-9-14-22-41)42-23-15-10-16-24-42/h9-34,36,47-51,57-58H,8,35,37H2,1-7H3/t47-,48+,49+,50-,51-/m1/s1. The van der Waals surface area contributed by atoms with Crippen LogP contribution in [0.4, 0.5) is 0 Å². The normalized spacial score (nSPS) is 19.9. The van der Waals surface area contributed by atoms with E-state index in [2.05, 4.69) is 90.1 Å². The molecule has 0 bridgehead atoms. The van der Waals surface area contributed by atoms with Gasteiger partial charge in [-0.25, -0.2) is 0 Å². The van der Waals surface area contributed by atoms with Crippen molar-refractivity contribution in [2.24, 2.45) is 10.8 Å². The van der Waals surface area contributed by atoms with Gasteiger partial charge in [-0.15, -0.1) is 0 Å². The number of benzene rings is 6. The first-order chi connectivity index (χ1) is 29.7. The van der Waals surface area contributed by atoms with Gasteiger partial charge in [0, 0.05) is 5.02 Å². The molecule has 0 spiro atoms. The average Bonchev–Trinajstić information content (AvgIpc) is 3.27. The maximum Gasteiger partial charge on any atom is 0.124 e. The Balaban J connectivity index is 1.41. The summed E-state index contributed by atoms with van der Waals surface area (Å²) in [7, 11) is 0. The van der Waals surface area contributed by atoms with Gasteiger partial charge in [0.05, 0.1) is 13.2 Å². The molecule has 0 aromatic heterocycles. The molecule has 1 aliphatic rings. The lowest BCUT2D eigenvalue weighted by atomic mass is 9.67.